The first-order chi connectivity index (χ1) is 9.75. The average molecular weight is 299 g/mol. The number of likely N-dealkylation sites (N-methyl/N-ethyl adjacent to an activating group) is 2. The van der Waals surface area contributed by atoms with E-state index >= 15 is 0 Å². The molecule has 1 fully saturated rings. The number of nitrogens with one attached hydrogen (secondary N) is 1. The molecule has 0 aromatic heterocycles. The third kappa shape index (κ3) is 4.94. The number of hydrogen-bond donors (Lipinski definition) is 1. The van der Waals surface area contributed by atoms with Crippen LogP contribution in [-0.4, -0.2) is 73.2 Å². The van der Waals surface area contributed by atoms with Crippen molar-refractivity contribution < 1.29 is 9.53 Å². The highest BCUT2D eigenvalue weighted by molar-refractivity contribution is 5.80. The molecular weight excluding hydrogens is 266 g/mol. The Morgan fingerprint density at radius 1 is 1.33 bits per heavy atom. The molecule has 0 bridgehead atoms. The van der Waals surface area contributed by atoms with Crippen LogP contribution in [0.3, 0.4) is 0 Å². The second kappa shape index (κ2) is 7.56. The van der Waals surface area contributed by atoms with Crippen molar-refractivity contribution in [3.63, 3.8) is 0 Å². The van der Waals surface area contributed by atoms with Crippen LogP contribution in [0.2, 0.25) is 0 Å². The topological polar surface area (TPSA) is 44.8 Å². The van der Waals surface area contributed by atoms with Crippen LogP contribution in [0.5, 0.6) is 0 Å². The van der Waals surface area contributed by atoms with Crippen molar-refractivity contribution in [1.82, 2.24) is 15.1 Å². The predicted molar refractivity (Wildman–Crippen MR) is 86.5 cm³/mol. The molecule has 5 heteroatoms. The number of hydrogen-bond acceptors (Lipinski definition) is 5. The van der Waals surface area contributed by atoms with E-state index in [1.807, 2.05) is 20.8 Å². The third-order valence-electron chi connectivity index (χ3n) is 4.62. The van der Waals surface area contributed by atoms with E-state index in [1.54, 1.807) is 0 Å². The maximum Gasteiger partial charge on any atom is 0.326 e. The second-order valence-electron chi connectivity index (χ2n) is 6.84. The Balaban J connectivity index is 2.59. The second-order valence-corrected chi connectivity index (χ2v) is 6.84. The molecule has 124 valence electrons. The SMILES string of the molecule is CCNC(C)(CCN1CCN(C)C(C)(C)C1)C(=O)OCC. The molecule has 1 aliphatic rings. The molecule has 1 unspecified atom stereocenters. The summed E-state index contributed by atoms with van der Waals surface area (Å²) < 4.78 is 5.23. The number of carbonyl (C=O) groups excluding carboxylic acids is 1. The van der Waals surface area contributed by atoms with Crippen LogP contribution in [0.1, 0.15) is 41.0 Å². The molecule has 1 heterocycles. The van der Waals surface area contributed by atoms with Crippen LogP contribution in [0.25, 0.3) is 0 Å². The highest BCUT2D eigenvalue weighted by atomic mass is 16.5. The van der Waals surface area contributed by atoms with Gasteiger partial charge in [0.1, 0.15) is 5.54 Å². The fourth-order valence-electron chi connectivity index (χ4n) is 2.86. The maximum atomic E-state index is 12.2. The van der Waals surface area contributed by atoms with Gasteiger partial charge < -0.3 is 15.0 Å². The number of nitrogens with zero attached hydrogens (tertiary/aromatic N) is 2. The number of esters is 1. The van der Waals surface area contributed by atoms with E-state index in [4.69, 9.17) is 4.74 Å². The Bertz CT molecular complexity index is 346. The molecule has 1 atom stereocenters. The Hall–Kier alpha value is -0.650. The Morgan fingerprint density at radius 2 is 2.00 bits per heavy atom. The lowest BCUT2D eigenvalue weighted by molar-refractivity contribution is -0.151. The quantitative estimate of drug-likeness (QED) is 0.719. The minimum absolute atomic E-state index is 0.139. The van der Waals surface area contributed by atoms with Crippen LogP contribution >= 0.6 is 0 Å². The van der Waals surface area contributed by atoms with Crippen molar-refractivity contribution in [3.8, 4) is 0 Å². The highest BCUT2D eigenvalue weighted by Gasteiger charge is 2.36. The molecule has 0 spiro atoms. The number of ether oxygens (including phenoxy) is 1. The molecule has 0 aromatic carbocycles. The summed E-state index contributed by atoms with van der Waals surface area (Å²) in [6, 6.07) is 0. The van der Waals surface area contributed by atoms with Crippen molar-refractivity contribution in [3.05, 3.63) is 0 Å². The molecule has 1 saturated heterocycles. The van der Waals surface area contributed by atoms with Gasteiger partial charge >= 0.3 is 5.97 Å². The zero-order chi connectivity index (χ0) is 16.1. The molecule has 21 heavy (non-hydrogen) atoms. The summed E-state index contributed by atoms with van der Waals surface area (Å²) in [6.45, 7) is 15.7. The minimum atomic E-state index is -0.585. The van der Waals surface area contributed by atoms with Gasteiger partial charge in [-0.25, -0.2) is 0 Å². The lowest BCUT2D eigenvalue weighted by Crippen LogP contribution is -2.59. The van der Waals surface area contributed by atoms with Gasteiger partial charge in [-0.3, -0.25) is 9.69 Å². The predicted octanol–water partition coefficient (Wildman–Crippen LogP) is 1.33. The number of rotatable bonds is 7. The molecule has 0 aliphatic carbocycles. The van der Waals surface area contributed by atoms with Crippen LogP contribution < -0.4 is 5.32 Å². The fourth-order valence-corrected chi connectivity index (χ4v) is 2.86. The van der Waals surface area contributed by atoms with Gasteiger partial charge in [-0.15, -0.1) is 0 Å². The van der Waals surface area contributed by atoms with Gasteiger partial charge in [0.25, 0.3) is 0 Å². The molecule has 0 amide bonds. The van der Waals surface area contributed by atoms with Gasteiger partial charge in [0.05, 0.1) is 6.61 Å². The zero-order valence-corrected chi connectivity index (χ0v) is 14.7. The van der Waals surface area contributed by atoms with E-state index < -0.39 is 5.54 Å². The van der Waals surface area contributed by atoms with Gasteiger partial charge in [0.2, 0.25) is 0 Å². The molecule has 0 radical (unpaired) electrons. The number of carbonyl (C=O) groups is 1. The zero-order valence-electron chi connectivity index (χ0n) is 14.7. The van der Waals surface area contributed by atoms with Crippen LogP contribution in [0.4, 0.5) is 0 Å². The first-order valence-corrected chi connectivity index (χ1v) is 8.11. The lowest BCUT2D eigenvalue weighted by Gasteiger charge is -2.46. The summed E-state index contributed by atoms with van der Waals surface area (Å²) in [4.78, 5) is 17.0. The van der Waals surface area contributed by atoms with E-state index in [0.29, 0.717) is 6.61 Å². The highest BCUT2D eigenvalue weighted by Crippen LogP contribution is 2.21. The van der Waals surface area contributed by atoms with Gasteiger partial charge in [0.15, 0.2) is 0 Å². The van der Waals surface area contributed by atoms with Crippen molar-refractivity contribution in [2.24, 2.45) is 0 Å². The maximum absolute atomic E-state index is 12.2. The Kier molecular flexibility index (Phi) is 6.63. The van der Waals surface area contributed by atoms with Crippen LogP contribution in [-0.2, 0) is 9.53 Å². The van der Waals surface area contributed by atoms with Crippen molar-refractivity contribution in [2.45, 2.75) is 52.1 Å². The van der Waals surface area contributed by atoms with Gasteiger partial charge in [0, 0.05) is 31.7 Å². The summed E-state index contributed by atoms with van der Waals surface area (Å²) >= 11 is 0. The smallest absolute Gasteiger partial charge is 0.326 e. The van der Waals surface area contributed by atoms with Crippen molar-refractivity contribution in [1.29, 1.82) is 0 Å². The molecule has 5 nitrogen and oxygen atoms in total. The standard InChI is InChI=1S/C16H33N3O2/c1-7-17-16(5,14(20)21-8-2)9-10-19-12-11-18(6)15(3,4)13-19/h17H,7-13H2,1-6H3. The Morgan fingerprint density at radius 3 is 2.52 bits per heavy atom. The number of piperazine rings is 1. The van der Waals surface area contributed by atoms with E-state index in [-0.39, 0.29) is 11.5 Å². The van der Waals surface area contributed by atoms with E-state index in [2.05, 4.69) is 36.0 Å². The largest absolute Gasteiger partial charge is 0.465 e. The molecular formula is C16H33N3O2. The Labute approximate surface area is 130 Å². The summed E-state index contributed by atoms with van der Waals surface area (Å²) in [5.74, 6) is -0.139. The fraction of sp³-hybridized carbons (Fsp3) is 0.938. The van der Waals surface area contributed by atoms with Crippen LogP contribution in [0, 0.1) is 0 Å². The molecule has 1 rings (SSSR count). The van der Waals surface area contributed by atoms with E-state index in [1.165, 1.54) is 0 Å². The molecule has 1 aliphatic heterocycles. The molecule has 1 N–H and O–H groups in total. The van der Waals surface area contributed by atoms with Crippen molar-refractivity contribution >= 4 is 5.97 Å². The lowest BCUT2D eigenvalue weighted by atomic mass is 9.95. The third-order valence-corrected chi connectivity index (χ3v) is 4.62. The van der Waals surface area contributed by atoms with E-state index in [9.17, 15) is 4.79 Å². The first kappa shape index (κ1) is 18.4. The first-order valence-electron chi connectivity index (χ1n) is 8.11. The summed E-state index contributed by atoms with van der Waals surface area (Å²) in [5, 5.41) is 3.30. The summed E-state index contributed by atoms with van der Waals surface area (Å²) in [7, 11) is 2.18. The van der Waals surface area contributed by atoms with E-state index in [0.717, 1.165) is 39.1 Å². The van der Waals surface area contributed by atoms with Gasteiger partial charge in [-0.05, 0) is 47.7 Å². The van der Waals surface area contributed by atoms with Gasteiger partial charge in [-0.2, -0.15) is 0 Å². The van der Waals surface area contributed by atoms with Crippen LogP contribution in [0.15, 0.2) is 0 Å². The average Bonchev–Trinajstić information content (AvgIpc) is 2.40. The minimum Gasteiger partial charge on any atom is -0.465 e. The molecule has 0 saturated carbocycles. The normalized spacial score (nSPS) is 22.8. The van der Waals surface area contributed by atoms with Gasteiger partial charge in [-0.1, -0.05) is 6.92 Å². The van der Waals surface area contributed by atoms with Crippen molar-refractivity contribution in [2.75, 3.05) is 46.4 Å². The monoisotopic (exact) mass is 299 g/mol. The molecule has 0 aromatic rings. The summed E-state index contributed by atoms with van der Waals surface area (Å²) in [5.41, 5.74) is -0.394. The summed E-state index contributed by atoms with van der Waals surface area (Å²) in [6.07, 6.45) is 0.777.